The van der Waals surface area contributed by atoms with Crippen molar-refractivity contribution in [3.8, 4) is 5.75 Å². The molecule has 1 N–H and O–H groups in total. The van der Waals surface area contributed by atoms with Crippen molar-refractivity contribution >= 4 is 27.7 Å². The van der Waals surface area contributed by atoms with Crippen molar-refractivity contribution in [3.05, 3.63) is 64.6 Å². The van der Waals surface area contributed by atoms with Gasteiger partial charge in [-0.25, -0.2) is 0 Å². The second-order valence-corrected chi connectivity index (χ2v) is 7.80. The number of ether oxygens (including phenoxy) is 1. The maximum Gasteiger partial charge on any atom is 0.242 e. The van der Waals surface area contributed by atoms with Crippen molar-refractivity contribution in [2.75, 3.05) is 13.2 Å². The fourth-order valence-electron chi connectivity index (χ4n) is 2.88. The van der Waals surface area contributed by atoms with E-state index in [2.05, 4.69) is 21.2 Å². The Kier molecular flexibility index (Phi) is 9.71. The number of nitrogens with zero attached hydrogens (tertiary/aromatic N) is 1. The van der Waals surface area contributed by atoms with E-state index in [0.29, 0.717) is 32.5 Å². The Morgan fingerprint density at radius 1 is 1.14 bits per heavy atom. The molecule has 0 bridgehead atoms. The number of halogens is 1. The summed E-state index contributed by atoms with van der Waals surface area (Å²) in [4.78, 5) is 27.1. The molecular weight excluding hydrogens is 432 g/mol. The van der Waals surface area contributed by atoms with Crippen LogP contribution in [0.5, 0.6) is 5.75 Å². The van der Waals surface area contributed by atoms with Crippen LogP contribution in [0.15, 0.2) is 59.1 Å². The minimum absolute atomic E-state index is 0.0548. The minimum Gasteiger partial charge on any atom is -0.494 e. The molecule has 0 unspecified atom stereocenters. The maximum atomic E-state index is 12.9. The minimum atomic E-state index is -0.539. The quantitative estimate of drug-likeness (QED) is 0.500. The SMILES string of the molecule is CCCNC(=O)[C@@H](C)N(Cc1cccc(Br)c1)C(=O)CCCOc1ccccc1. The Labute approximate surface area is 181 Å². The smallest absolute Gasteiger partial charge is 0.242 e. The topological polar surface area (TPSA) is 58.6 Å². The summed E-state index contributed by atoms with van der Waals surface area (Å²) >= 11 is 3.46. The predicted octanol–water partition coefficient (Wildman–Crippen LogP) is 4.55. The Morgan fingerprint density at radius 3 is 2.59 bits per heavy atom. The fourth-order valence-corrected chi connectivity index (χ4v) is 3.33. The van der Waals surface area contributed by atoms with Crippen LogP contribution >= 0.6 is 15.9 Å². The van der Waals surface area contributed by atoms with Gasteiger partial charge in [0.25, 0.3) is 0 Å². The molecule has 2 aromatic rings. The highest BCUT2D eigenvalue weighted by atomic mass is 79.9. The second-order valence-electron chi connectivity index (χ2n) is 6.88. The zero-order chi connectivity index (χ0) is 21.1. The number of amides is 2. The van der Waals surface area contributed by atoms with Crippen LogP contribution in [-0.2, 0) is 16.1 Å². The predicted molar refractivity (Wildman–Crippen MR) is 119 cm³/mol. The molecular formula is C23H29BrN2O3. The van der Waals surface area contributed by atoms with Gasteiger partial charge in [0.1, 0.15) is 11.8 Å². The standard InChI is InChI=1S/C23H29BrN2O3/c1-3-14-25-23(28)18(2)26(17-19-9-7-10-20(24)16-19)22(27)13-8-15-29-21-11-5-4-6-12-21/h4-7,9-12,16,18H,3,8,13-15,17H2,1-2H3,(H,25,28)/t18-/m1/s1. The molecule has 0 saturated carbocycles. The van der Waals surface area contributed by atoms with Gasteiger partial charge in [0.05, 0.1) is 6.61 Å². The van der Waals surface area contributed by atoms with Crippen LogP contribution in [-0.4, -0.2) is 35.9 Å². The Balaban J connectivity index is 1.98. The van der Waals surface area contributed by atoms with Crippen LogP contribution in [0.3, 0.4) is 0 Å². The summed E-state index contributed by atoms with van der Waals surface area (Å²) in [5, 5.41) is 2.89. The van der Waals surface area contributed by atoms with Crippen molar-refractivity contribution in [1.82, 2.24) is 10.2 Å². The van der Waals surface area contributed by atoms with Crippen LogP contribution < -0.4 is 10.1 Å². The van der Waals surface area contributed by atoms with Crippen molar-refractivity contribution in [2.24, 2.45) is 0 Å². The lowest BCUT2D eigenvalue weighted by molar-refractivity contribution is -0.140. The van der Waals surface area contributed by atoms with Gasteiger partial charge in [-0.3, -0.25) is 9.59 Å². The number of rotatable bonds is 11. The van der Waals surface area contributed by atoms with Crippen LogP contribution in [0.1, 0.15) is 38.7 Å². The molecule has 2 amide bonds. The van der Waals surface area contributed by atoms with Gasteiger partial charge in [0.2, 0.25) is 11.8 Å². The van der Waals surface area contributed by atoms with Crippen LogP contribution in [0.25, 0.3) is 0 Å². The van der Waals surface area contributed by atoms with Crippen molar-refractivity contribution < 1.29 is 14.3 Å². The van der Waals surface area contributed by atoms with E-state index in [9.17, 15) is 9.59 Å². The maximum absolute atomic E-state index is 12.9. The number of hydrogen-bond donors (Lipinski definition) is 1. The van der Waals surface area contributed by atoms with Crippen molar-refractivity contribution in [1.29, 1.82) is 0 Å². The highest BCUT2D eigenvalue weighted by Crippen LogP contribution is 2.17. The highest BCUT2D eigenvalue weighted by Gasteiger charge is 2.25. The van der Waals surface area contributed by atoms with E-state index in [1.54, 1.807) is 11.8 Å². The average Bonchev–Trinajstić information content (AvgIpc) is 2.73. The molecule has 0 aliphatic rings. The lowest BCUT2D eigenvalue weighted by Gasteiger charge is -2.29. The van der Waals surface area contributed by atoms with Crippen molar-refractivity contribution in [3.63, 3.8) is 0 Å². The summed E-state index contributed by atoms with van der Waals surface area (Å²) in [6.07, 6.45) is 1.77. The third-order valence-corrected chi connectivity index (χ3v) is 5.00. The molecule has 5 nitrogen and oxygen atoms in total. The first-order valence-corrected chi connectivity index (χ1v) is 10.8. The Hall–Kier alpha value is -2.34. The molecule has 156 valence electrons. The number of carbonyl (C=O) groups is 2. The van der Waals surface area contributed by atoms with E-state index >= 15 is 0 Å². The lowest BCUT2D eigenvalue weighted by Crippen LogP contribution is -2.47. The number of hydrogen-bond acceptors (Lipinski definition) is 3. The van der Waals surface area contributed by atoms with Gasteiger partial charge in [-0.2, -0.15) is 0 Å². The molecule has 2 aromatic carbocycles. The van der Waals surface area contributed by atoms with E-state index in [0.717, 1.165) is 22.2 Å². The number of carbonyl (C=O) groups excluding carboxylic acids is 2. The molecule has 0 heterocycles. The molecule has 1 atom stereocenters. The third kappa shape index (κ3) is 7.89. The van der Waals surface area contributed by atoms with E-state index < -0.39 is 6.04 Å². The van der Waals surface area contributed by atoms with E-state index in [1.807, 2.05) is 61.5 Å². The molecule has 0 radical (unpaired) electrons. The first-order chi connectivity index (χ1) is 14.0. The van der Waals surface area contributed by atoms with Crippen molar-refractivity contribution in [2.45, 2.75) is 45.7 Å². The summed E-state index contributed by atoms with van der Waals surface area (Å²) in [5.74, 6) is 0.606. The van der Waals surface area contributed by atoms with Gasteiger partial charge < -0.3 is 15.0 Å². The van der Waals surface area contributed by atoms with Gasteiger partial charge in [-0.05, 0) is 49.6 Å². The summed E-state index contributed by atoms with van der Waals surface area (Å²) in [6, 6.07) is 16.8. The summed E-state index contributed by atoms with van der Waals surface area (Å²) < 4.78 is 6.62. The molecule has 0 aliphatic carbocycles. The number of benzene rings is 2. The monoisotopic (exact) mass is 460 g/mol. The molecule has 0 aliphatic heterocycles. The fraction of sp³-hybridized carbons (Fsp3) is 0.391. The summed E-state index contributed by atoms with van der Waals surface area (Å²) in [6.45, 7) is 5.23. The van der Waals surface area contributed by atoms with Gasteiger partial charge in [-0.1, -0.05) is 53.2 Å². The first kappa shape index (κ1) is 22.9. The van der Waals surface area contributed by atoms with E-state index in [-0.39, 0.29) is 11.8 Å². The summed E-state index contributed by atoms with van der Waals surface area (Å²) in [7, 11) is 0. The zero-order valence-electron chi connectivity index (χ0n) is 17.1. The Bertz CT molecular complexity index is 783. The van der Waals surface area contributed by atoms with Crippen LogP contribution in [0.4, 0.5) is 0 Å². The molecule has 0 saturated heterocycles. The van der Waals surface area contributed by atoms with E-state index in [4.69, 9.17) is 4.74 Å². The van der Waals surface area contributed by atoms with Gasteiger partial charge in [0.15, 0.2) is 0 Å². The van der Waals surface area contributed by atoms with Crippen LogP contribution in [0.2, 0.25) is 0 Å². The number of para-hydroxylation sites is 1. The molecule has 29 heavy (non-hydrogen) atoms. The number of nitrogens with one attached hydrogen (secondary N) is 1. The average molecular weight is 461 g/mol. The van der Waals surface area contributed by atoms with E-state index in [1.165, 1.54) is 0 Å². The normalized spacial score (nSPS) is 11.6. The zero-order valence-corrected chi connectivity index (χ0v) is 18.7. The van der Waals surface area contributed by atoms with Gasteiger partial charge >= 0.3 is 0 Å². The third-order valence-electron chi connectivity index (χ3n) is 4.51. The molecule has 0 aromatic heterocycles. The van der Waals surface area contributed by atoms with Crippen LogP contribution in [0, 0.1) is 0 Å². The Morgan fingerprint density at radius 2 is 1.90 bits per heavy atom. The van der Waals surface area contributed by atoms with Gasteiger partial charge in [-0.15, -0.1) is 0 Å². The largest absolute Gasteiger partial charge is 0.494 e. The molecule has 6 heteroatoms. The first-order valence-electron chi connectivity index (χ1n) is 10.0. The highest BCUT2D eigenvalue weighted by molar-refractivity contribution is 9.10. The summed E-state index contributed by atoms with van der Waals surface area (Å²) in [5.41, 5.74) is 0.975. The molecule has 2 rings (SSSR count). The van der Waals surface area contributed by atoms with Gasteiger partial charge in [0, 0.05) is 24.0 Å². The molecule has 0 fully saturated rings. The second kappa shape index (κ2) is 12.3. The molecule has 0 spiro atoms. The lowest BCUT2D eigenvalue weighted by atomic mass is 10.1.